The third-order valence-corrected chi connectivity index (χ3v) is 5.14. The fourth-order valence-electron chi connectivity index (χ4n) is 2.22. The van der Waals surface area contributed by atoms with E-state index in [9.17, 15) is 14.4 Å². The maximum absolute atomic E-state index is 12.4. The van der Waals surface area contributed by atoms with Gasteiger partial charge in [-0.25, -0.2) is 4.98 Å². The van der Waals surface area contributed by atoms with Crippen molar-refractivity contribution >= 4 is 51.4 Å². The molecule has 1 aliphatic heterocycles. The van der Waals surface area contributed by atoms with Gasteiger partial charge >= 0.3 is 0 Å². The van der Waals surface area contributed by atoms with E-state index >= 15 is 0 Å². The maximum atomic E-state index is 12.4. The van der Waals surface area contributed by atoms with Crippen molar-refractivity contribution in [1.29, 1.82) is 0 Å². The number of anilines is 1. The highest BCUT2D eigenvalue weighted by atomic mass is 32.2. The van der Waals surface area contributed by atoms with E-state index in [1.54, 1.807) is 17.7 Å². The molecule has 0 spiro atoms. The molecule has 0 unspecified atom stereocenters. The number of hydrogen-bond acceptors (Lipinski definition) is 6. The number of aryl methyl sites for hydroxylation is 1. The molecule has 3 amide bonds. The van der Waals surface area contributed by atoms with Crippen LogP contribution in [0.25, 0.3) is 6.08 Å². The summed E-state index contributed by atoms with van der Waals surface area (Å²) in [7, 11) is 0. The number of rotatable bonds is 5. The summed E-state index contributed by atoms with van der Waals surface area (Å²) in [4.78, 5) is 41.6. The number of imide groups is 1. The third kappa shape index (κ3) is 4.15. The summed E-state index contributed by atoms with van der Waals surface area (Å²) in [6.45, 7) is 1.74. The van der Waals surface area contributed by atoms with Crippen molar-refractivity contribution in [2.45, 2.75) is 13.3 Å². The second-order valence-corrected chi connectivity index (χ2v) is 7.14. The molecule has 3 rings (SSSR count). The van der Waals surface area contributed by atoms with E-state index in [-0.39, 0.29) is 6.54 Å². The van der Waals surface area contributed by atoms with Crippen LogP contribution in [0, 0.1) is 0 Å². The standard InChI is InChI=1S/C17H15N3O3S2/c1-2-11-3-5-12(6-4-11)9-13-15(22)20(17(23)25-13)10-14(21)19-16-18-7-8-24-16/h3-9H,2,10H2,1H3,(H,18,19,21)/b13-9-. The van der Waals surface area contributed by atoms with Crippen LogP contribution >= 0.6 is 23.1 Å². The molecule has 0 saturated carbocycles. The highest BCUT2D eigenvalue weighted by Crippen LogP contribution is 2.32. The van der Waals surface area contributed by atoms with Gasteiger partial charge in [0, 0.05) is 11.6 Å². The molecule has 1 fully saturated rings. The van der Waals surface area contributed by atoms with Crippen molar-refractivity contribution in [2.24, 2.45) is 0 Å². The Morgan fingerprint density at radius 3 is 2.68 bits per heavy atom. The van der Waals surface area contributed by atoms with E-state index in [1.807, 2.05) is 24.3 Å². The number of carbonyl (C=O) groups excluding carboxylic acids is 3. The van der Waals surface area contributed by atoms with Gasteiger partial charge in [-0.1, -0.05) is 31.2 Å². The minimum Gasteiger partial charge on any atom is -0.300 e. The summed E-state index contributed by atoms with van der Waals surface area (Å²) in [6.07, 6.45) is 4.17. The molecular weight excluding hydrogens is 358 g/mol. The van der Waals surface area contributed by atoms with Crippen LogP contribution in [0.3, 0.4) is 0 Å². The van der Waals surface area contributed by atoms with Gasteiger partial charge in [0.1, 0.15) is 6.54 Å². The van der Waals surface area contributed by atoms with E-state index in [2.05, 4.69) is 17.2 Å². The van der Waals surface area contributed by atoms with Crippen molar-refractivity contribution in [3.8, 4) is 0 Å². The zero-order valence-electron chi connectivity index (χ0n) is 13.4. The number of aromatic nitrogens is 1. The third-order valence-electron chi connectivity index (χ3n) is 3.54. The molecule has 0 atom stereocenters. The topological polar surface area (TPSA) is 79.4 Å². The number of nitrogens with one attached hydrogen (secondary N) is 1. The van der Waals surface area contributed by atoms with E-state index in [0.717, 1.165) is 28.6 Å². The molecule has 25 heavy (non-hydrogen) atoms. The molecule has 1 saturated heterocycles. The lowest BCUT2D eigenvalue weighted by Crippen LogP contribution is -2.36. The normalized spacial score (nSPS) is 15.9. The van der Waals surface area contributed by atoms with Crippen molar-refractivity contribution in [2.75, 3.05) is 11.9 Å². The molecule has 2 heterocycles. The van der Waals surface area contributed by atoms with Crippen LogP contribution in [0.1, 0.15) is 18.1 Å². The summed E-state index contributed by atoms with van der Waals surface area (Å²) in [5.74, 6) is -0.908. The fraction of sp³-hybridized carbons (Fsp3) is 0.176. The Bertz CT molecular complexity index is 829. The van der Waals surface area contributed by atoms with Crippen LogP contribution in [0.4, 0.5) is 9.93 Å². The lowest BCUT2D eigenvalue weighted by atomic mass is 10.1. The predicted octanol–water partition coefficient (Wildman–Crippen LogP) is 3.38. The van der Waals surface area contributed by atoms with Gasteiger partial charge in [-0.3, -0.25) is 19.3 Å². The fourth-order valence-corrected chi connectivity index (χ4v) is 3.61. The molecule has 1 N–H and O–H groups in total. The number of nitrogens with zero attached hydrogens (tertiary/aromatic N) is 2. The molecule has 1 aliphatic rings. The van der Waals surface area contributed by atoms with Crippen LogP contribution in [0.2, 0.25) is 0 Å². The van der Waals surface area contributed by atoms with E-state index < -0.39 is 17.1 Å². The van der Waals surface area contributed by atoms with Crippen molar-refractivity contribution in [3.05, 3.63) is 51.9 Å². The molecule has 6 nitrogen and oxygen atoms in total. The SMILES string of the molecule is CCc1ccc(/C=C2\SC(=O)N(CC(=O)Nc3nccs3)C2=O)cc1. The number of carbonyl (C=O) groups is 3. The van der Waals surface area contributed by atoms with Gasteiger partial charge in [-0.05, 0) is 35.4 Å². The molecule has 0 bridgehead atoms. The van der Waals surface area contributed by atoms with Crippen LogP contribution in [0.15, 0.2) is 40.7 Å². The summed E-state index contributed by atoms with van der Waals surface area (Å²) in [5.41, 5.74) is 2.04. The summed E-state index contributed by atoms with van der Waals surface area (Å²) >= 11 is 2.11. The Morgan fingerprint density at radius 2 is 2.04 bits per heavy atom. The first kappa shape index (κ1) is 17.4. The van der Waals surface area contributed by atoms with Gasteiger partial charge in [-0.2, -0.15) is 0 Å². The monoisotopic (exact) mass is 373 g/mol. The molecule has 2 aromatic rings. The largest absolute Gasteiger partial charge is 0.300 e. The Morgan fingerprint density at radius 1 is 1.28 bits per heavy atom. The maximum Gasteiger partial charge on any atom is 0.294 e. The lowest BCUT2D eigenvalue weighted by molar-refractivity contribution is -0.127. The molecule has 8 heteroatoms. The molecule has 1 aromatic heterocycles. The number of hydrogen-bond donors (Lipinski definition) is 1. The average Bonchev–Trinajstić information content (AvgIpc) is 3.20. The van der Waals surface area contributed by atoms with Crippen molar-refractivity contribution in [1.82, 2.24) is 9.88 Å². The first-order chi connectivity index (χ1) is 12.1. The first-order valence-corrected chi connectivity index (χ1v) is 9.30. The summed E-state index contributed by atoms with van der Waals surface area (Å²) in [5, 5.41) is 4.27. The second-order valence-electron chi connectivity index (χ2n) is 5.25. The number of thiazole rings is 1. The molecule has 0 aliphatic carbocycles. The zero-order chi connectivity index (χ0) is 17.8. The minimum absolute atomic E-state index is 0.316. The Balaban J connectivity index is 1.68. The van der Waals surface area contributed by atoms with Gasteiger partial charge in [0.15, 0.2) is 5.13 Å². The van der Waals surface area contributed by atoms with Gasteiger partial charge in [-0.15, -0.1) is 11.3 Å². The van der Waals surface area contributed by atoms with Gasteiger partial charge in [0.2, 0.25) is 5.91 Å². The van der Waals surface area contributed by atoms with Crippen molar-refractivity contribution in [3.63, 3.8) is 0 Å². The molecule has 128 valence electrons. The number of benzene rings is 1. The average molecular weight is 373 g/mol. The predicted molar refractivity (Wildman–Crippen MR) is 99.2 cm³/mol. The van der Waals surface area contributed by atoms with E-state index in [0.29, 0.717) is 10.0 Å². The first-order valence-electron chi connectivity index (χ1n) is 7.60. The van der Waals surface area contributed by atoms with E-state index in [1.165, 1.54) is 16.9 Å². The van der Waals surface area contributed by atoms with Gasteiger partial charge in [0.25, 0.3) is 11.1 Å². The van der Waals surface area contributed by atoms with Crippen LogP contribution < -0.4 is 5.32 Å². The highest BCUT2D eigenvalue weighted by Gasteiger charge is 2.36. The van der Waals surface area contributed by atoms with Gasteiger partial charge in [0.05, 0.1) is 4.91 Å². The quantitative estimate of drug-likeness (QED) is 0.813. The molecular formula is C17H15N3O3S2. The lowest BCUT2D eigenvalue weighted by Gasteiger charge is -2.11. The Labute approximate surface area is 152 Å². The number of amides is 3. The smallest absolute Gasteiger partial charge is 0.294 e. The number of thioether (sulfide) groups is 1. The summed E-state index contributed by atoms with van der Waals surface area (Å²) < 4.78 is 0. The van der Waals surface area contributed by atoms with Crippen LogP contribution in [0.5, 0.6) is 0 Å². The Kier molecular flexibility index (Phi) is 5.30. The Hall–Kier alpha value is -2.45. The minimum atomic E-state index is -0.455. The van der Waals surface area contributed by atoms with Crippen LogP contribution in [-0.4, -0.2) is 33.5 Å². The van der Waals surface area contributed by atoms with Crippen molar-refractivity contribution < 1.29 is 14.4 Å². The van der Waals surface area contributed by atoms with Gasteiger partial charge < -0.3 is 5.32 Å². The molecule has 0 radical (unpaired) electrons. The second kappa shape index (κ2) is 7.62. The summed E-state index contributed by atoms with van der Waals surface area (Å²) in [6, 6.07) is 7.78. The molecule has 1 aromatic carbocycles. The van der Waals surface area contributed by atoms with Crippen LogP contribution in [-0.2, 0) is 16.0 Å². The van der Waals surface area contributed by atoms with E-state index in [4.69, 9.17) is 0 Å². The highest BCUT2D eigenvalue weighted by molar-refractivity contribution is 8.18. The zero-order valence-corrected chi connectivity index (χ0v) is 15.0.